The Labute approximate surface area is 289 Å². The Morgan fingerprint density at radius 3 is 2.34 bits per heavy atom. The van der Waals surface area contributed by atoms with Gasteiger partial charge < -0.3 is 9.84 Å². The molecule has 11 heteroatoms. The normalized spacial score (nSPS) is 29.7. The molecule has 8 nitrogen and oxygen atoms in total. The number of rotatable bonds is 7. The van der Waals surface area contributed by atoms with Gasteiger partial charge in [0, 0.05) is 17.5 Å². The number of allylic oxidation sites excluding steroid dienone is 2. The number of hydrogen-bond donors (Lipinski definition) is 1. The minimum atomic E-state index is -2.02. The SMILES string of the molecule is C=Cc1ccc(N2C(=O)C3CC=C4C(CC5(Cl)C(=O)N(CBr)C(=O)C5(Cl)C4c4ccc(OCc5ccccc5)cc4O)C3C2=O)cc1. The number of aromatic hydroxyl groups is 1. The average Bonchev–Trinajstić information content (AvgIpc) is 3.42. The summed E-state index contributed by atoms with van der Waals surface area (Å²) in [6.07, 6.45) is 3.57. The number of ether oxygens (including phenoxy) is 1. The maximum atomic E-state index is 14.2. The molecule has 7 rings (SSSR count). The Hall–Kier alpha value is -3.92. The number of imide groups is 2. The van der Waals surface area contributed by atoms with Gasteiger partial charge in [-0.2, -0.15) is 0 Å². The summed E-state index contributed by atoms with van der Waals surface area (Å²) >= 11 is 17.8. The van der Waals surface area contributed by atoms with Gasteiger partial charge >= 0.3 is 0 Å². The van der Waals surface area contributed by atoms with Crippen molar-refractivity contribution >= 4 is 74.5 Å². The predicted molar refractivity (Wildman–Crippen MR) is 181 cm³/mol. The lowest BCUT2D eigenvalue weighted by Gasteiger charge is -2.50. The maximum Gasteiger partial charge on any atom is 0.254 e. The second-order valence-electron chi connectivity index (χ2n) is 12.3. The summed E-state index contributed by atoms with van der Waals surface area (Å²) in [6, 6.07) is 21.2. The van der Waals surface area contributed by atoms with Gasteiger partial charge in [0.1, 0.15) is 18.1 Å². The van der Waals surface area contributed by atoms with Crippen molar-refractivity contribution in [1.82, 2.24) is 4.90 Å². The number of phenols is 1. The molecule has 0 radical (unpaired) electrons. The van der Waals surface area contributed by atoms with E-state index in [0.717, 1.165) is 16.0 Å². The molecule has 1 N–H and O–H groups in total. The molecule has 4 amide bonds. The number of carbonyl (C=O) groups excluding carboxylic acids is 4. The van der Waals surface area contributed by atoms with Crippen LogP contribution in [0.5, 0.6) is 11.5 Å². The van der Waals surface area contributed by atoms with E-state index < -0.39 is 51.1 Å². The quantitative estimate of drug-likeness (QED) is 0.128. The monoisotopic (exact) mass is 734 g/mol. The molecule has 0 aromatic heterocycles. The molecule has 0 bridgehead atoms. The van der Waals surface area contributed by atoms with Crippen LogP contribution in [0, 0.1) is 17.8 Å². The summed E-state index contributed by atoms with van der Waals surface area (Å²) in [5.41, 5.74) is 2.92. The van der Waals surface area contributed by atoms with Crippen molar-refractivity contribution in [2.75, 3.05) is 10.4 Å². The number of phenolic OH excluding ortho intramolecular Hbond substituents is 1. The number of hydrogen-bond acceptors (Lipinski definition) is 6. The molecule has 3 aromatic carbocycles. The highest BCUT2D eigenvalue weighted by Crippen LogP contribution is 2.66. The van der Waals surface area contributed by atoms with E-state index in [1.165, 1.54) is 11.0 Å². The van der Waals surface area contributed by atoms with E-state index >= 15 is 0 Å². The number of anilines is 1. The molecule has 6 atom stereocenters. The molecule has 240 valence electrons. The number of nitrogens with zero attached hydrogens (tertiary/aromatic N) is 2. The summed E-state index contributed by atoms with van der Waals surface area (Å²) in [4.78, 5) is 54.1. The zero-order valence-electron chi connectivity index (χ0n) is 24.9. The van der Waals surface area contributed by atoms with Crippen LogP contribution < -0.4 is 9.64 Å². The van der Waals surface area contributed by atoms with Crippen LogP contribution in [0.15, 0.2) is 91.0 Å². The van der Waals surface area contributed by atoms with Gasteiger partial charge in [-0.1, -0.05) is 88.8 Å². The third kappa shape index (κ3) is 4.61. The van der Waals surface area contributed by atoms with Crippen molar-refractivity contribution in [2.24, 2.45) is 17.8 Å². The molecule has 3 fully saturated rings. The zero-order valence-corrected chi connectivity index (χ0v) is 28.0. The van der Waals surface area contributed by atoms with Crippen molar-refractivity contribution in [2.45, 2.75) is 35.1 Å². The first-order valence-corrected chi connectivity index (χ1v) is 17.0. The smallest absolute Gasteiger partial charge is 0.254 e. The molecule has 6 unspecified atom stereocenters. The molecule has 3 aromatic rings. The number of fused-ring (bicyclic) bond motifs is 4. The van der Waals surface area contributed by atoms with Crippen molar-refractivity contribution in [3.8, 4) is 11.5 Å². The van der Waals surface area contributed by atoms with Gasteiger partial charge in [0.05, 0.1) is 23.0 Å². The van der Waals surface area contributed by atoms with E-state index in [1.54, 1.807) is 42.5 Å². The van der Waals surface area contributed by atoms with E-state index in [9.17, 15) is 24.3 Å². The number of likely N-dealkylation sites (tertiary alicyclic amines) is 1. The lowest BCUT2D eigenvalue weighted by molar-refractivity contribution is -0.138. The fourth-order valence-electron chi connectivity index (χ4n) is 7.71. The third-order valence-electron chi connectivity index (χ3n) is 9.96. The highest BCUT2D eigenvalue weighted by atomic mass is 79.9. The van der Waals surface area contributed by atoms with Gasteiger partial charge in [-0.05, 0) is 48.1 Å². The fraction of sp³-hybridized carbons (Fsp3) is 0.278. The Morgan fingerprint density at radius 2 is 1.68 bits per heavy atom. The molecule has 4 aliphatic rings. The molecule has 47 heavy (non-hydrogen) atoms. The van der Waals surface area contributed by atoms with Crippen LogP contribution >= 0.6 is 39.1 Å². The van der Waals surface area contributed by atoms with Crippen molar-refractivity contribution < 1.29 is 29.0 Å². The van der Waals surface area contributed by atoms with Crippen LogP contribution in [0.2, 0.25) is 0 Å². The standard InChI is InChI=1S/C36H29BrCl2N2O6/c1-2-20-8-10-22(11-9-20)41-31(43)26-15-14-24-27(29(26)32(41)44)17-35(38)33(45)40(19-37)34(46)36(35,39)30(24)25-13-12-23(16-28(25)42)47-18-21-6-4-3-5-7-21/h2-14,16,26-27,29-30,42H,1,15,17-19H2. The van der Waals surface area contributed by atoms with E-state index in [2.05, 4.69) is 22.5 Å². The van der Waals surface area contributed by atoms with E-state index in [1.807, 2.05) is 36.4 Å². The van der Waals surface area contributed by atoms with Crippen molar-refractivity contribution in [1.29, 1.82) is 0 Å². The molecule has 2 aliphatic carbocycles. The lowest BCUT2D eigenvalue weighted by atomic mass is 9.56. The first kappa shape index (κ1) is 31.7. The largest absolute Gasteiger partial charge is 0.508 e. The van der Waals surface area contributed by atoms with Crippen LogP contribution in [0.1, 0.15) is 35.4 Å². The Kier molecular flexibility index (Phi) is 7.85. The molecule has 2 saturated heterocycles. The maximum absolute atomic E-state index is 14.2. The molecule has 2 heterocycles. The Balaban J connectivity index is 1.31. The Morgan fingerprint density at radius 1 is 0.957 bits per heavy atom. The number of amides is 4. The first-order chi connectivity index (χ1) is 22.5. The average molecular weight is 736 g/mol. The zero-order chi connectivity index (χ0) is 33.2. The van der Waals surface area contributed by atoms with E-state index in [0.29, 0.717) is 17.0 Å². The third-order valence-corrected chi connectivity index (χ3v) is 11.9. The van der Waals surface area contributed by atoms with Gasteiger partial charge in [-0.15, -0.1) is 23.2 Å². The second kappa shape index (κ2) is 11.6. The lowest BCUT2D eigenvalue weighted by Crippen LogP contribution is -2.60. The molecule has 2 aliphatic heterocycles. The molecule has 1 saturated carbocycles. The van der Waals surface area contributed by atoms with Crippen molar-refractivity contribution in [3.05, 3.63) is 108 Å². The summed E-state index contributed by atoms with van der Waals surface area (Å²) in [5, 5.41) is 11.5. The van der Waals surface area contributed by atoms with Gasteiger partial charge in [-0.3, -0.25) is 29.0 Å². The van der Waals surface area contributed by atoms with E-state index in [4.69, 9.17) is 27.9 Å². The van der Waals surface area contributed by atoms with Gasteiger partial charge in [0.2, 0.25) is 11.8 Å². The molecule has 0 spiro atoms. The van der Waals surface area contributed by atoms with Crippen LogP contribution in [0.3, 0.4) is 0 Å². The highest BCUT2D eigenvalue weighted by Gasteiger charge is 2.76. The van der Waals surface area contributed by atoms with Crippen LogP contribution in [-0.2, 0) is 25.8 Å². The summed E-state index contributed by atoms with van der Waals surface area (Å²) < 4.78 is 5.91. The molecular weight excluding hydrogens is 707 g/mol. The Bertz CT molecular complexity index is 1870. The highest BCUT2D eigenvalue weighted by molar-refractivity contribution is 9.09. The minimum Gasteiger partial charge on any atom is -0.508 e. The minimum absolute atomic E-state index is 0.139. The van der Waals surface area contributed by atoms with Gasteiger partial charge in [0.15, 0.2) is 9.75 Å². The number of benzene rings is 3. The fourth-order valence-corrected chi connectivity index (χ4v) is 9.13. The summed E-state index contributed by atoms with van der Waals surface area (Å²) in [6.45, 7) is 4.02. The number of alkyl halides is 3. The summed E-state index contributed by atoms with van der Waals surface area (Å²) in [5.74, 6) is -5.33. The van der Waals surface area contributed by atoms with Crippen LogP contribution in [-0.4, -0.2) is 48.8 Å². The van der Waals surface area contributed by atoms with Crippen molar-refractivity contribution in [3.63, 3.8) is 0 Å². The van der Waals surface area contributed by atoms with Crippen LogP contribution in [0.4, 0.5) is 5.69 Å². The van der Waals surface area contributed by atoms with Crippen LogP contribution in [0.25, 0.3) is 6.08 Å². The predicted octanol–water partition coefficient (Wildman–Crippen LogP) is 6.53. The second-order valence-corrected chi connectivity index (χ2v) is 14.0. The first-order valence-electron chi connectivity index (χ1n) is 15.1. The van der Waals surface area contributed by atoms with Gasteiger partial charge in [-0.25, -0.2) is 0 Å². The van der Waals surface area contributed by atoms with E-state index in [-0.39, 0.29) is 42.1 Å². The topological polar surface area (TPSA) is 104 Å². The van der Waals surface area contributed by atoms with Gasteiger partial charge in [0.25, 0.3) is 11.8 Å². The summed E-state index contributed by atoms with van der Waals surface area (Å²) in [7, 11) is 0. The molecular formula is C36H29BrCl2N2O6. The number of halogens is 3. The number of carbonyl (C=O) groups is 4.